The van der Waals surface area contributed by atoms with Crippen LogP contribution in [0.3, 0.4) is 0 Å². The van der Waals surface area contributed by atoms with Gasteiger partial charge in [-0.25, -0.2) is 4.98 Å². The van der Waals surface area contributed by atoms with E-state index in [1.54, 1.807) is 30.7 Å². The molecule has 2 aliphatic heterocycles. The van der Waals surface area contributed by atoms with Gasteiger partial charge >= 0.3 is 0 Å². The summed E-state index contributed by atoms with van der Waals surface area (Å²) in [5.41, 5.74) is 0.493. The van der Waals surface area contributed by atoms with Gasteiger partial charge in [0, 0.05) is 55.3 Å². The summed E-state index contributed by atoms with van der Waals surface area (Å²) in [6, 6.07) is 9.17. The molecular formula is C20H23N3O3. The average molecular weight is 353 g/mol. The summed E-state index contributed by atoms with van der Waals surface area (Å²) < 4.78 is 12.1. The van der Waals surface area contributed by atoms with Crippen molar-refractivity contribution in [2.24, 2.45) is 5.41 Å². The number of hydrogen-bond acceptors (Lipinski definition) is 5. The minimum Gasteiger partial charge on any atom is -0.477 e. The lowest BCUT2D eigenvalue weighted by Gasteiger charge is -2.50. The molecular weight excluding hydrogens is 330 g/mol. The van der Waals surface area contributed by atoms with Crippen LogP contribution in [0, 0.1) is 5.41 Å². The Morgan fingerprint density at radius 2 is 2.15 bits per heavy atom. The molecule has 26 heavy (non-hydrogen) atoms. The van der Waals surface area contributed by atoms with Gasteiger partial charge in [-0.05, 0) is 37.5 Å². The lowest BCUT2D eigenvalue weighted by Crippen LogP contribution is -2.58. The largest absolute Gasteiger partial charge is 0.477 e. The molecule has 4 rings (SSSR count). The number of rotatable bonds is 4. The molecule has 2 aromatic rings. The van der Waals surface area contributed by atoms with Crippen LogP contribution in [-0.2, 0) is 4.74 Å². The van der Waals surface area contributed by atoms with E-state index in [0.29, 0.717) is 31.1 Å². The lowest BCUT2D eigenvalue weighted by atomic mass is 9.73. The lowest BCUT2D eigenvalue weighted by molar-refractivity contribution is -0.133. The summed E-state index contributed by atoms with van der Waals surface area (Å²) in [5.74, 6) is 0.664. The molecule has 0 N–H and O–H groups in total. The van der Waals surface area contributed by atoms with Gasteiger partial charge in [-0.2, -0.15) is 0 Å². The molecule has 2 saturated heterocycles. The first-order chi connectivity index (χ1) is 12.8. The molecule has 0 aromatic carbocycles. The van der Waals surface area contributed by atoms with Crippen molar-refractivity contribution in [1.82, 2.24) is 14.9 Å². The van der Waals surface area contributed by atoms with E-state index in [0.717, 1.165) is 25.9 Å². The van der Waals surface area contributed by atoms with E-state index in [9.17, 15) is 4.79 Å². The minimum atomic E-state index is -0.184. The molecule has 0 bridgehead atoms. The Hall–Kier alpha value is -2.47. The number of hydrogen-bond donors (Lipinski definition) is 0. The van der Waals surface area contributed by atoms with E-state index in [1.165, 1.54) is 0 Å². The summed E-state index contributed by atoms with van der Waals surface area (Å²) in [6.07, 6.45) is 7.98. The Morgan fingerprint density at radius 1 is 1.27 bits per heavy atom. The van der Waals surface area contributed by atoms with Gasteiger partial charge in [-0.15, -0.1) is 0 Å². The first kappa shape index (κ1) is 17.0. The van der Waals surface area contributed by atoms with Crippen LogP contribution >= 0.6 is 0 Å². The third-order valence-electron chi connectivity index (χ3n) is 5.35. The Bertz CT molecular complexity index is 740. The van der Waals surface area contributed by atoms with Crippen molar-refractivity contribution in [3.63, 3.8) is 0 Å². The number of carbonyl (C=O) groups is 1. The van der Waals surface area contributed by atoms with Gasteiger partial charge in [-0.1, -0.05) is 6.07 Å². The van der Waals surface area contributed by atoms with Crippen LogP contribution in [0.2, 0.25) is 0 Å². The molecule has 6 heteroatoms. The van der Waals surface area contributed by atoms with Crippen LogP contribution in [0.1, 0.15) is 29.6 Å². The highest BCUT2D eigenvalue weighted by atomic mass is 16.5. The fraction of sp³-hybridized carbons (Fsp3) is 0.450. The Kier molecular flexibility index (Phi) is 4.84. The molecule has 2 aliphatic rings. The molecule has 2 atom stereocenters. The summed E-state index contributed by atoms with van der Waals surface area (Å²) in [4.78, 5) is 23.1. The van der Waals surface area contributed by atoms with Crippen LogP contribution in [0.15, 0.2) is 48.9 Å². The second kappa shape index (κ2) is 7.41. The summed E-state index contributed by atoms with van der Waals surface area (Å²) in [7, 11) is 0. The van der Waals surface area contributed by atoms with E-state index in [2.05, 4.69) is 9.97 Å². The standard InChI is InChI=1S/C20H23N3O3/c24-19(16-5-10-21-11-6-16)23-12-7-17-20(14-23,8-3-13-25-17)15-26-18-4-1-2-9-22-18/h1-2,4-6,9-11,17H,3,7-8,12-15H2/t17-,20-/m0/s1. The van der Waals surface area contributed by atoms with Crippen LogP contribution in [0.25, 0.3) is 0 Å². The molecule has 0 unspecified atom stereocenters. The molecule has 2 fully saturated rings. The summed E-state index contributed by atoms with van der Waals surface area (Å²) in [6.45, 7) is 2.64. The number of carbonyl (C=O) groups excluding carboxylic acids is 1. The van der Waals surface area contributed by atoms with Gasteiger partial charge in [0.1, 0.15) is 0 Å². The van der Waals surface area contributed by atoms with E-state index < -0.39 is 0 Å². The predicted octanol–water partition coefficient (Wildman–Crippen LogP) is 2.57. The van der Waals surface area contributed by atoms with Crippen molar-refractivity contribution in [3.8, 4) is 5.88 Å². The molecule has 6 nitrogen and oxygen atoms in total. The molecule has 0 aliphatic carbocycles. The Balaban J connectivity index is 1.52. The second-order valence-corrected chi connectivity index (χ2v) is 7.03. The maximum Gasteiger partial charge on any atom is 0.253 e. The zero-order valence-corrected chi connectivity index (χ0v) is 14.7. The van der Waals surface area contributed by atoms with E-state index in [1.807, 2.05) is 23.1 Å². The molecule has 0 spiro atoms. The number of nitrogens with zero attached hydrogens (tertiary/aromatic N) is 3. The zero-order valence-electron chi connectivity index (χ0n) is 14.7. The van der Waals surface area contributed by atoms with Gasteiger partial charge in [0.2, 0.25) is 5.88 Å². The van der Waals surface area contributed by atoms with E-state index in [-0.39, 0.29) is 17.4 Å². The first-order valence-electron chi connectivity index (χ1n) is 9.12. The zero-order chi connectivity index (χ0) is 17.8. The third-order valence-corrected chi connectivity index (χ3v) is 5.35. The quantitative estimate of drug-likeness (QED) is 0.845. The van der Waals surface area contributed by atoms with Crippen molar-refractivity contribution in [3.05, 3.63) is 54.5 Å². The number of ether oxygens (including phenoxy) is 2. The van der Waals surface area contributed by atoms with Gasteiger partial charge < -0.3 is 14.4 Å². The van der Waals surface area contributed by atoms with E-state index >= 15 is 0 Å². The van der Waals surface area contributed by atoms with Crippen molar-refractivity contribution in [2.75, 3.05) is 26.3 Å². The summed E-state index contributed by atoms with van der Waals surface area (Å²) in [5, 5.41) is 0. The predicted molar refractivity (Wildman–Crippen MR) is 95.9 cm³/mol. The monoisotopic (exact) mass is 353 g/mol. The Morgan fingerprint density at radius 3 is 2.96 bits per heavy atom. The fourth-order valence-electron chi connectivity index (χ4n) is 4.00. The van der Waals surface area contributed by atoms with Crippen LogP contribution < -0.4 is 4.74 Å². The fourth-order valence-corrected chi connectivity index (χ4v) is 4.00. The van der Waals surface area contributed by atoms with Crippen molar-refractivity contribution < 1.29 is 14.3 Å². The molecule has 4 heterocycles. The molecule has 2 aromatic heterocycles. The summed E-state index contributed by atoms with van der Waals surface area (Å²) >= 11 is 0. The maximum atomic E-state index is 12.9. The van der Waals surface area contributed by atoms with Crippen LogP contribution in [0.4, 0.5) is 0 Å². The van der Waals surface area contributed by atoms with E-state index in [4.69, 9.17) is 9.47 Å². The van der Waals surface area contributed by atoms with Gasteiger partial charge in [0.25, 0.3) is 5.91 Å². The van der Waals surface area contributed by atoms with Crippen LogP contribution in [-0.4, -0.2) is 53.2 Å². The SMILES string of the molecule is O=C(c1ccncc1)N1CC[C@@H]2OCCC[C@@]2(COc2ccccn2)C1. The highest BCUT2D eigenvalue weighted by Gasteiger charge is 2.47. The molecule has 1 amide bonds. The second-order valence-electron chi connectivity index (χ2n) is 7.03. The highest BCUT2D eigenvalue weighted by Crippen LogP contribution is 2.40. The minimum absolute atomic E-state index is 0.0497. The number of likely N-dealkylation sites (tertiary alicyclic amines) is 1. The normalized spacial score (nSPS) is 25.4. The third kappa shape index (κ3) is 3.42. The Labute approximate surface area is 153 Å². The maximum absolute atomic E-state index is 12.9. The van der Waals surface area contributed by atoms with Crippen LogP contribution in [0.5, 0.6) is 5.88 Å². The van der Waals surface area contributed by atoms with Gasteiger partial charge in [-0.3, -0.25) is 9.78 Å². The molecule has 136 valence electrons. The topological polar surface area (TPSA) is 64.6 Å². The molecule has 0 saturated carbocycles. The van der Waals surface area contributed by atoms with Gasteiger partial charge in [0.05, 0.1) is 12.7 Å². The first-order valence-corrected chi connectivity index (χ1v) is 9.12. The number of amides is 1. The highest BCUT2D eigenvalue weighted by molar-refractivity contribution is 5.94. The van der Waals surface area contributed by atoms with Crippen molar-refractivity contribution in [1.29, 1.82) is 0 Å². The van der Waals surface area contributed by atoms with Gasteiger partial charge in [0.15, 0.2) is 0 Å². The van der Waals surface area contributed by atoms with Crippen molar-refractivity contribution >= 4 is 5.91 Å². The number of pyridine rings is 2. The molecule has 0 radical (unpaired) electrons. The number of piperidine rings is 1. The number of aromatic nitrogens is 2. The average Bonchev–Trinajstić information content (AvgIpc) is 2.73. The van der Waals surface area contributed by atoms with Crippen molar-refractivity contribution in [2.45, 2.75) is 25.4 Å². The number of fused-ring (bicyclic) bond motifs is 1. The smallest absolute Gasteiger partial charge is 0.253 e.